The quantitative estimate of drug-likeness (QED) is 0.704. The van der Waals surface area contributed by atoms with Crippen molar-refractivity contribution in [3.63, 3.8) is 0 Å². The van der Waals surface area contributed by atoms with E-state index in [1.54, 1.807) is 19.1 Å². The van der Waals surface area contributed by atoms with Crippen molar-refractivity contribution in [2.75, 3.05) is 19.7 Å². The Bertz CT molecular complexity index is 600. The van der Waals surface area contributed by atoms with Gasteiger partial charge in [-0.15, -0.1) is 0 Å². The predicted molar refractivity (Wildman–Crippen MR) is 87.8 cm³/mol. The first-order chi connectivity index (χ1) is 9.84. The molecule has 0 atom stereocenters. The van der Waals surface area contributed by atoms with Crippen LogP contribution in [0.25, 0.3) is 0 Å². The standard InChI is InChI=1S/C14H22N2O3S2/c1-3-4-7-16(8-9-17)21(18,19)13-10-12(14(15)20)6-5-11(13)2/h5-6,10,17H,3-4,7-9H2,1-2H3,(H2,15,20). The van der Waals surface area contributed by atoms with E-state index in [9.17, 15) is 8.42 Å². The number of thiocarbonyl (C=S) groups is 1. The highest BCUT2D eigenvalue weighted by Gasteiger charge is 2.25. The van der Waals surface area contributed by atoms with Gasteiger partial charge < -0.3 is 10.8 Å². The largest absolute Gasteiger partial charge is 0.395 e. The zero-order valence-corrected chi connectivity index (χ0v) is 14.0. The fourth-order valence-corrected chi connectivity index (χ4v) is 3.82. The summed E-state index contributed by atoms with van der Waals surface area (Å²) in [4.78, 5) is 0.353. The van der Waals surface area contributed by atoms with E-state index >= 15 is 0 Å². The van der Waals surface area contributed by atoms with Gasteiger partial charge in [-0.05, 0) is 25.0 Å². The van der Waals surface area contributed by atoms with Crippen LogP contribution in [0, 0.1) is 6.92 Å². The van der Waals surface area contributed by atoms with E-state index in [4.69, 9.17) is 23.1 Å². The number of nitrogens with zero attached hydrogens (tertiary/aromatic N) is 1. The molecule has 0 aromatic heterocycles. The molecule has 0 radical (unpaired) electrons. The second-order valence-electron chi connectivity index (χ2n) is 4.83. The Hall–Kier alpha value is -1.02. The summed E-state index contributed by atoms with van der Waals surface area (Å²) in [5.41, 5.74) is 6.73. The smallest absolute Gasteiger partial charge is 0.243 e. The first-order valence-electron chi connectivity index (χ1n) is 6.86. The Morgan fingerprint density at radius 2 is 2.05 bits per heavy atom. The van der Waals surface area contributed by atoms with Gasteiger partial charge >= 0.3 is 0 Å². The molecule has 0 aliphatic rings. The second-order valence-corrected chi connectivity index (χ2v) is 7.17. The van der Waals surface area contributed by atoms with Crippen molar-refractivity contribution in [1.82, 2.24) is 4.31 Å². The average Bonchev–Trinajstić information content (AvgIpc) is 2.43. The summed E-state index contributed by atoms with van der Waals surface area (Å²) in [5.74, 6) is 0. The number of benzene rings is 1. The molecular formula is C14H22N2O3S2. The predicted octanol–water partition coefficient (Wildman–Crippen LogP) is 1.41. The third kappa shape index (κ3) is 4.47. The van der Waals surface area contributed by atoms with Gasteiger partial charge in [-0.25, -0.2) is 8.42 Å². The van der Waals surface area contributed by atoms with Crippen LogP contribution in [0.15, 0.2) is 23.1 Å². The minimum Gasteiger partial charge on any atom is -0.395 e. The van der Waals surface area contributed by atoms with E-state index in [0.717, 1.165) is 12.8 Å². The second kappa shape index (κ2) is 7.84. The molecule has 0 fully saturated rings. The van der Waals surface area contributed by atoms with E-state index in [-0.39, 0.29) is 23.0 Å². The molecule has 0 aliphatic carbocycles. The molecule has 0 amide bonds. The lowest BCUT2D eigenvalue weighted by Crippen LogP contribution is -2.35. The number of hydrogen-bond acceptors (Lipinski definition) is 4. The van der Waals surface area contributed by atoms with E-state index in [1.807, 2.05) is 6.92 Å². The number of nitrogens with two attached hydrogens (primary N) is 1. The third-order valence-electron chi connectivity index (χ3n) is 3.20. The van der Waals surface area contributed by atoms with Gasteiger partial charge in [0.05, 0.1) is 11.5 Å². The van der Waals surface area contributed by atoms with Crippen molar-refractivity contribution in [3.05, 3.63) is 29.3 Å². The van der Waals surface area contributed by atoms with E-state index in [0.29, 0.717) is 17.7 Å². The molecule has 7 heteroatoms. The summed E-state index contributed by atoms with van der Waals surface area (Å²) in [7, 11) is -3.66. The first kappa shape index (κ1) is 18.0. The Balaban J connectivity index is 3.26. The van der Waals surface area contributed by atoms with E-state index < -0.39 is 10.0 Å². The molecule has 1 rings (SSSR count). The molecule has 0 spiro atoms. The van der Waals surface area contributed by atoms with Gasteiger partial charge in [0, 0.05) is 18.7 Å². The van der Waals surface area contributed by atoms with Crippen molar-refractivity contribution in [2.24, 2.45) is 5.73 Å². The summed E-state index contributed by atoms with van der Waals surface area (Å²) < 4.78 is 26.8. The lowest BCUT2D eigenvalue weighted by Gasteiger charge is -2.22. The summed E-state index contributed by atoms with van der Waals surface area (Å²) in [6, 6.07) is 4.90. The first-order valence-corrected chi connectivity index (χ1v) is 8.70. The maximum absolute atomic E-state index is 12.8. The van der Waals surface area contributed by atoms with Crippen molar-refractivity contribution in [3.8, 4) is 0 Å². The summed E-state index contributed by atoms with van der Waals surface area (Å²) in [6.07, 6.45) is 1.62. The lowest BCUT2D eigenvalue weighted by atomic mass is 10.1. The number of aliphatic hydroxyl groups is 1. The Labute approximate surface area is 131 Å². The van der Waals surface area contributed by atoms with Crippen LogP contribution in [-0.2, 0) is 10.0 Å². The number of sulfonamides is 1. The zero-order valence-electron chi connectivity index (χ0n) is 12.4. The van der Waals surface area contributed by atoms with Gasteiger partial charge in [0.1, 0.15) is 4.99 Å². The van der Waals surface area contributed by atoms with Crippen LogP contribution in [0.5, 0.6) is 0 Å². The van der Waals surface area contributed by atoms with Crippen LogP contribution in [0.2, 0.25) is 0 Å². The molecule has 3 N–H and O–H groups in total. The monoisotopic (exact) mass is 330 g/mol. The maximum atomic E-state index is 12.8. The molecule has 118 valence electrons. The molecule has 5 nitrogen and oxygen atoms in total. The van der Waals surface area contributed by atoms with Gasteiger partial charge in [-0.2, -0.15) is 4.31 Å². The molecule has 0 saturated carbocycles. The van der Waals surface area contributed by atoms with E-state index in [2.05, 4.69) is 0 Å². The lowest BCUT2D eigenvalue weighted by molar-refractivity contribution is 0.252. The van der Waals surface area contributed by atoms with Crippen molar-refractivity contribution >= 4 is 27.2 Å². The molecule has 0 heterocycles. The molecule has 0 bridgehead atoms. The number of hydrogen-bond donors (Lipinski definition) is 2. The fraction of sp³-hybridized carbons (Fsp3) is 0.500. The normalized spacial score (nSPS) is 11.8. The van der Waals surface area contributed by atoms with Gasteiger partial charge in [-0.3, -0.25) is 0 Å². The topological polar surface area (TPSA) is 83.6 Å². The summed E-state index contributed by atoms with van der Waals surface area (Å²) >= 11 is 4.90. The molecule has 21 heavy (non-hydrogen) atoms. The van der Waals surface area contributed by atoms with Crippen LogP contribution < -0.4 is 5.73 Å². The average molecular weight is 330 g/mol. The number of unbranched alkanes of at least 4 members (excludes halogenated alkanes) is 1. The number of aryl methyl sites for hydroxylation is 1. The zero-order chi connectivity index (χ0) is 16.0. The van der Waals surface area contributed by atoms with Gasteiger partial charge in [-0.1, -0.05) is 37.7 Å². The highest BCUT2D eigenvalue weighted by molar-refractivity contribution is 7.89. The van der Waals surface area contributed by atoms with Crippen molar-refractivity contribution < 1.29 is 13.5 Å². The summed E-state index contributed by atoms with van der Waals surface area (Å²) in [6.45, 7) is 3.97. The minimum absolute atomic E-state index is 0.0824. The molecule has 1 aromatic carbocycles. The third-order valence-corrected chi connectivity index (χ3v) is 5.48. The van der Waals surface area contributed by atoms with Crippen LogP contribution in [0.4, 0.5) is 0 Å². The van der Waals surface area contributed by atoms with Crippen LogP contribution in [0.1, 0.15) is 30.9 Å². The Morgan fingerprint density at radius 1 is 1.38 bits per heavy atom. The highest BCUT2D eigenvalue weighted by atomic mass is 32.2. The van der Waals surface area contributed by atoms with Gasteiger partial charge in [0.15, 0.2) is 0 Å². The van der Waals surface area contributed by atoms with Gasteiger partial charge in [0.2, 0.25) is 10.0 Å². The molecule has 0 aliphatic heterocycles. The molecule has 1 aromatic rings. The van der Waals surface area contributed by atoms with Crippen LogP contribution >= 0.6 is 12.2 Å². The van der Waals surface area contributed by atoms with Crippen LogP contribution in [-0.4, -0.2) is 42.5 Å². The Morgan fingerprint density at radius 3 is 2.57 bits per heavy atom. The number of aliphatic hydroxyl groups excluding tert-OH is 1. The minimum atomic E-state index is -3.66. The maximum Gasteiger partial charge on any atom is 0.243 e. The van der Waals surface area contributed by atoms with Crippen LogP contribution in [0.3, 0.4) is 0 Å². The van der Waals surface area contributed by atoms with Crippen molar-refractivity contribution in [1.29, 1.82) is 0 Å². The van der Waals surface area contributed by atoms with Crippen molar-refractivity contribution in [2.45, 2.75) is 31.6 Å². The highest BCUT2D eigenvalue weighted by Crippen LogP contribution is 2.22. The van der Waals surface area contributed by atoms with Gasteiger partial charge in [0.25, 0.3) is 0 Å². The SMILES string of the molecule is CCCCN(CCO)S(=O)(=O)c1cc(C(N)=S)ccc1C. The summed E-state index contributed by atoms with van der Waals surface area (Å²) in [5, 5.41) is 9.11. The van der Waals surface area contributed by atoms with E-state index in [1.165, 1.54) is 10.4 Å². The molecule has 0 saturated heterocycles. The number of rotatable bonds is 8. The molecule has 0 unspecified atom stereocenters. The molecular weight excluding hydrogens is 308 g/mol. The fourth-order valence-electron chi connectivity index (χ4n) is 1.97. The Kier molecular flexibility index (Phi) is 6.73.